The van der Waals surface area contributed by atoms with Crippen LogP contribution in [0.25, 0.3) is 44.2 Å². The summed E-state index contributed by atoms with van der Waals surface area (Å²) < 4.78 is 2.41. The van der Waals surface area contributed by atoms with Gasteiger partial charge in [0, 0.05) is 34.4 Å². The average Bonchev–Trinajstić information content (AvgIpc) is 3.31. The third-order valence-corrected chi connectivity index (χ3v) is 6.61. The van der Waals surface area contributed by atoms with Gasteiger partial charge in [-0.2, -0.15) is 0 Å². The number of aryl methyl sites for hydroxylation is 1. The zero-order valence-corrected chi connectivity index (χ0v) is 17.8. The first-order chi connectivity index (χ1) is 15.7. The van der Waals surface area contributed by atoms with E-state index in [0.717, 1.165) is 46.8 Å². The second-order valence-electron chi connectivity index (χ2n) is 8.52. The fourth-order valence-corrected chi connectivity index (χ4v) is 5.30. The highest BCUT2D eigenvalue weighted by molar-refractivity contribution is 6.10. The van der Waals surface area contributed by atoms with Gasteiger partial charge in [0.15, 0.2) is 0 Å². The number of fused-ring (bicyclic) bond motifs is 3. The van der Waals surface area contributed by atoms with Gasteiger partial charge in [0.25, 0.3) is 5.69 Å². The minimum atomic E-state index is -0.287. The van der Waals surface area contributed by atoms with Crippen molar-refractivity contribution in [3.63, 3.8) is 0 Å². The molecule has 0 fully saturated rings. The van der Waals surface area contributed by atoms with E-state index in [2.05, 4.69) is 66.1 Å². The van der Waals surface area contributed by atoms with E-state index in [1.807, 2.05) is 18.2 Å². The van der Waals surface area contributed by atoms with Crippen molar-refractivity contribution in [3.8, 4) is 0 Å². The molecular weight excluding hydrogens is 396 g/mol. The van der Waals surface area contributed by atoms with Gasteiger partial charge < -0.3 is 4.57 Å². The van der Waals surface area contributed by atoms with Gasteiger partial charge in [-0.15, -0.1) is 0 Å². The van der Waals surface area contributed by atoms with Crippen molar-refractivity contribution in [2.24, 2.45) is 0 Å². The number of hydrogen-bond acceptors (Lipinski definition) is 2. The molecule has 1 heterocycles. The van der Waals surface area contributed by atoms with Gasteiger partial charge in [-0.1, -0.05) is 49.4 Å². The molecule has 4 aromatic carbocycles. The Balaban J connectivity index is 1.52. The lowest BCUT2D eigenvalue weighted by Gasteiger charge is -2.06. The van der Waals surface area contributed by atoms with Gasteiger partial charge in [-0.05, 0) is 70.8 Å². The van der Waals surface area contributed by atoms with Crippen molar-refractivity contribution >= 4 is 49.9 Å². The number of nitrogens with zero attached hydrogens (tertiary/aromatic N) is 2. The number of benzene rings is 4. The molecule has 156 valence electrons. The second-order valence-corrected chi connectivity index (χ2v) is 8.52. The molecule has 4 nitrogen and oxygen atoms in total. The molecule has 32 heavy (non-hydrogen) atoms. The lowest BCUT2D eigenvalue weighted by molar-refractivity contribution is -0.383. The number of non-ortho nitro benzene ring substituents is 1. The van der Waals surface area contributed by atoms with Crippen LogP contribution in [-0.2, 0) is 13.0 Å². The summed E-state index contributed by atoms with van der Waals surface area (Å²) >= 11 is 0. The molecule has 4 heteroatoms. The number of aromatic nitrogens is 1. The third kappa shape index (κ3) is 2.69. The minimum absolute atomic E-state index is 0.178. The Morgan fingerprint density at radius 2 is 1.75 bits per heavy atom. The van der Waals surface area contributed by atoms with Crippen LogP contribution in [0.5, 0.6) is 0 Å². The summed E-state index contributed by atoms with van der Waals surface area (Å²) in [5, 5.41) is 15.8. The summed E-state index contributed by atoms with van der Waals surface area (Å²) in [6.45, 7) is 3.21. The maximum Gasteiger partial charge on any atom is 0.277 e. The van der Waals surface area contributed by atoms with E-state index in [-0.39, 0.29) is 10.6 Å². The lowest BCUT2D eigenvalue weighted by Crippen LogP contribution is -1.95. The Kier molecular flexibility index (Phi) is 4.15. The van der Waals surface area contributed by atoms with Gasteiger partial charge >= 0.3 is 0 Å². The molecule has 1 aliphatic rings. The molecular formula is C28H22N2O2. The SMILES string of the molecule is CCCn1c2ccccc2c2cc(/C=C3/Cc4cccc5c([N+](=O)[O-])ccc3c45)ccc21. The Morgan fingerprint density at radius 3 is 2.59 bits per heavy atom. The summed E-state index contributed by atoms with van der Waals surface area (Å²) in [5.74, 6) is 0. The monoisotopic (exact) mass is 418 g/mol. The number of allylic oxidation sites excluding steroid dienone is 1. The number of rotatable bonds is 4. The molecule has 0 bridgehead atoms. The van der Waals surface area contributed by atoms with Gasteiger partial charge in [0.1, 0.15) is 0 Å². The summed E-state index contributed by atoms with van der Waals surface area (Å²) in [4.78, 5) is 11.2. The van der Waals surface area contributed by atoms with Crippen LogP contribution >= 0.6 is 0 Å². The topological polar surface area (TPSA) is 48.1 Å². The van der Waals surface area contributed by atoms with Crippen LogP contribution in [0, 0.1) is 10.1 Å². The van der Waals surface area contributed by atoms with Gasteiger partial charge in [-0.25, -0.2) is 0 Å². The zero-order valence-electron chi connectivity index (χ0n) is 17.8. The van der Waals surface area contributed by atoms with Crippen molar-refractivity contribution in [3.05, 3.63) is 99.6 Å². The van der Waals surface area contributed by atoms with Crippen molar-refractivity contribution in [2.45, 2.75) is 26.3 Å². The van der Waals surface area contributed by atoms with E-state index in [0.29, 0.717) is 0 Å². The first-order valence-electron chi connectivity index (χ1n) is 11.1. The van der Waals surface area contributed by atoms with Crippen LogP contribution < -0.4 is 0 Å². The molecule has 6 rings (SSSR count). The molecule has 0 unspecified atom stereocenters. The van der Waals surface area contributed by atoms with Crippen molar-refractivity contribution in [1.29, 1.82) is 0 Å². The van der Waals surface area contributed by atoms with Crippen LogP contribution in [0.3, 0.4) is 0 Å². The Morgan fingerprint density at radius 1 is 0.938 bits per heavy atom. The van der Waals surface area contributed by atoms with E-state index in [1.165, 1.54) is 27.4 Å². The minimum Gasteiger partial charge on any atom is -0.340 e. The maximum absolute atomic E-state index is 11.5. The molecule has 5 aromatic rings. The van der Waals surface area contributed by atoms with Crippen LogP contribution in [0.2, 0.25) is 0 Å². The van der Waals surface area contributed by atoms with E-state index in [4.69, 9.17) is 0 Å². The normalized spacial score (nSPS) is 14.2. The molecule has 0 saturated heterocycles. The first-order valence-corrected chi connectivity index (χ1v) is 11.1. The van der Waals surface area contributed by atoms with E-state index in [1.54, 1.807) is 6.07 Å². The van der Waals surface area contributed by atoms with Gasteiger partial charge in [0.2, 0.25) is 0 Å². The third-order valence-electron chi connectivity index (χ3n) is 6.61. The van der Waals surface area contributed by atoms with E-state index in [9.17, 15) is 10.1 Å². The quantitative estimate of drug-likeness (QED) is 0.226. The molecule has 0 aliphatic heterocycles. The van der Waals surface area contributed by atoms with E-state index < -0.39 is 0 Å². The molecule has 0 saturated carbocycles. The predicted molar refractivity (Wildman–Crippen MR) is 132 cm³/mol. The van der Waals surface area contributed by atoms with Crippen LogP contribution in [0.4, 0.5) is 5.69 Å². The largest absolute Gasteiger partial charge is 0.340 e. The Hall–Kier alpha value is -3.92. The highest BCUT2D eigenvalue weighted by Gasteiger charge is 2.23. The standard InChI is InChI=1S/C28H22N2O2/c1-2-14-29-25-9-4-3-7-22(25)24-16-18(10-12-26(24)29)15-20-17-19-6-5-8-23-27(30(31)32)13-11-21(20)28(19)23/h3-13,15-16H,2,14,17H2,1H3/b20-15-. The van der Waals surface area contributed by atoms with Crippen molar-refractivity contribution in [1.82, 2.24) is 4.57 Å². The van der Waals surface area contributed by atoms with Crippen molar-refractivity contribution < 1.29 is 4.92 Å². The number of nitro benzene ring substituents is 1. The Bertz CT molecular complexity index is 1590. The predicted octanol–water partition coefficient (Wildman–Crippen LogP) is 7.36. The van der Waals surface area contributed by atoms with Gasteiger partial charge in [0.05, 0.1) is 10.3 Å². The molecule has 0 spiro atoms. The zero-order chi connectivity index (χ0) is 21.8. The number of nitro groups is 1. The smallest absolute Gasteiger partial charge is 0.277 e. The number of para-hydroxylation sites is 1. The highest BCUT2D eigenvalue weighted by atomic mass is 16.6. The summed E-state index contributed by atoms with van der Waals surface area (Å²) in [6.07, 6.45) is 4.13. The molecule has 0 amide bonds. The van der Waals surface area contributed by atoms with Crippen molar-refractivity contribution in [2.75, 3.05) is 0 Å². The fraction of sp³-hybridized carbons (Fsp3) is 0.143. The van der Waals surface area contributed by atoms with Crippen LogP contribution in [0.15, 0.2) is 72.8 Å². The number of hydrogen-bond donors (Lipinski definition) is 0. The highest BCUT2D eigenvalue weighted by Crippen LogP contribution is 2.42. The summed E-state index contributed by atoms with van der Waals surface area (Å²) in [5.41, 5.74) is 7.36. The second kappa shape index (κ2) is 7.06. The summed E-state index contributed by atoms with van der Waals surface area (Å²) in [6, 6.07) is 24.7. The first kappa shape index (κ1) is 18.8. The molecule has 0 radical (unpaired) electrons. The van der Waals surface area contributed by atoms with E-state index >= 15 is 0 Å². The van der Waals surface area contributed by atoms with Gasteiger partial charge in [-0.3, -0.25) is 10.1 Å². The fourth-order valence-electron chi connectivity index (χ4n) is 5.30. The van der Waals surface area contributed by atoms with Crippen LogP contribution in [0.1, 0.15) is 30.0 Å². The lowest BCUT2D eigenvalue weighted by atomic mass is 10.0. The molecule has 1 aliphatic carbocycles. The average molecular weight is 418 g/mol. The molecule has 0 atom stereocenters. The maximum atomic E-state index is 11.5. The summed E-state index contributed by atoms with van der Waals surface area (Å²) in [7, 11) is 0. The molecule has 0 N–H and O–H groups in total. The Labute approximate surface area is 185 Å². The van der Waals surface area contributed by atoms with Crippen LogP contribution in [-0.4, -0.2) is 9.49 Å². The molecule has 1 aromatic heterocycles.